The van der Waals surface area contributed by atoms with Crippen LogP contribution in [0.5, 0.6) is 5.75 Å². The van der Waals surface area contributed by atoms with Gasteiger partial charge in [0.2, 0.25) is 0 Å². The van der Waals surface area contributed by atoms with Crippen molar-refractivity contribution in [2.24, 2.45) is 0 Å². The van der Waals surface area contributed by atoms with Crippen molar-refractivity contribution in [2.75, 3.05) is 0 Å². The molecule has 5 nitrogen and oxygen atoms in total. The van der Waals surface area contributed by atoms with Gasteiger partial charge in [-0.05, 0) is 18.6 Å². The Morgan fingerprint density at radius 2 is 2.00 bits per heavy atom. The van der Waals surface area contributed by atoms with Crippen LogP contribution in [0.4, 0.5) is 8.78 Å². The van der Waals surface area contributed by atoms with Gasteiger partial charge in [-0.1, -0.05) is 19.1 Å². The normalized spacial score (nSPS) is 12.0. The van der Waals surface area contributed by atoms with Gasteiger partial charge in [-0.15, -0.1) is 0 Å². The first kappa shape index (κ1) is 14.9. The fraction of sp³-hybridized carbons (Fsp3) is 0.333. The average molecular weight is 273 g/mol. The number of carbonyl (C=O) groups excluding carboxylic acids is 1. The number of carboxylic acid groups (broad SMARTS) is 1. The number of alkyl halides is 2. The SMILES string of the molecule is CC[C@@H](NC(=O)c1ccccc1OC(F)F)C(=O)O. The number of rotatable bonds is 6. The summed E-state index contributed by atoms with van der Waals surface area (Å²) in [5.41, 5.74) is -0.137. The third-order valence-electron chi connectivity index (χ3n) is 2.36. The molecule has 0 unspecified atom stereocenters. The lowest BCUT2D eigenvalue weighted by Gasteiger charge is -2.14. The van der Waals surface area contributed by atoms with E-state index in [1.807, 2.05) is 0 Å². The largest absolute Gasteiger partial charge is 0.480 e. The zero-order chi connectivity index (χ0) is 14.4. The second kappa shape index (κ2) is 6.67. The van der Waals surface area contributed by atoms with Crippen molar-refractivity contribution in [3.63, 3.8) is 0 Å². The van der Waals surface area contributed by atoms with Crippen molar-refractivity contribution in [3.8, 4) is 5.75 Å². The molecule has 2 N–H and O–H groups in total. The van der Waals surface area contributed by atoms with E-state index in [2.05, 4.69) is 10.1 Å². The van der Waals surface area contributed by atoms with Crippen molar-refractivity contribution >= 4 is 11.9 Å². The first-order chi connectivity index (χ1) is 8.95. The molecule has 0 fully saturated rings. The van der Waals surface area contributed by atoms with Crippen LogP contribution in [-0.2, 0) is 4.79 Å². The van der Waals surface area contributed by atoms with Crippen molar-refractivity contribution in [3.05, 3.63) is 29.8 Å². The fourth-order valence-corrected chi connectivity index (χ4v) is 1.43. The van der Waals surface area contributed by atoms with Gasteiger partial charge in [0.1, 0.15) is 11.8 Å². The van der Waals surface area contributed by atoms with Crippen molar-refractivity contribution < 1.29 is 28.2 Å². The van der Waals surface area contributed by atoms with Crippen molar-refractivity contribution in [1.29, 1.82) is 0 Å². The van der Waals surface area contributed by atoms with Crippen LogP contribution < -0.4 is 10.1 Å². The number of hydrogen-bond acceptors (Lipinski definition) is 3. The van der Waals surface area contributed by atoms with Gasteiger partial charge >= 0.3 is 12.6 Å². The molecule has 104 valence electrons. The Bertz CT molecular complexity index is 465. The van der Waals surface area contributed by atoms with Crippen LogP contribution in [0.2, 0.25) is 0 Å². The molecule has 0 saturated carbocycles. The van der Waals surface area contributed by atoms with E-state index in [1.165, 1.54) is 24.3 Å². The number of carboxylic acids is 1. The Balaban J connectivity index is 2.90. The number of halogens is 2. The van der Waals surface area contributed by atoms with Crippen LogP contribution in [0.1, 0.15) is 23.7 Å². The molecule has 0 spiro atoms. The molecule has 0 bridgehead atoms. The highest BCUT2D eigenvalue weighted by Crippen LogP contribution is 2.20. The Hall–Kier alpha value is -2.18. The summed E-state index contributed by atoms with van der Waals surface area (Å²) in [6, 6.07) is 4.31. The summed E-state index contributed by atoms with van der Waals surface area (Å²) in [6.07, 6.45) is 0.180. The number of benzene rings is 1. The predicted molar refractivity (Wildman–Crippen MR) is 62.3 cm³/mol. The fourth-order valence-electron chi connectivity index (χ4n) is 1.43. The van der Waals surface area contributed by atoms with E-state index >= 15 is 0 Å². The molecule has 19 heavy (non-hydrogen) atoms. The molecule has 1 rings (SSSR count). The van der Waals surface area contributed by atoms with Gasteiger partial charge in [0.15, 0.2) is 0 Å². The summed E-state index contributed by atoms with van der Waals surface area (Å²) in [5, 5.41) is 11.1. The lowest BCUT2D eigenvalue weighted by molar-refractivity contribution is -0.139. The van der Waals surface area contributed by atoms with E-state index in [0.717, 1.165) is 0 Å². The van der Waals surface area contributed by atoms with Crippen LogP contribution in [0.15, 0.2) is 24.3 Å². The van der Waals surface area contributed by atoms with Gasteiger partial charge in [0.25, 0.3) is 5.91 Å². The molecule has 1 aromatic carbocycles. The van der Waals surface area contributed by atoms with Crippen LogP contribution >= 0.6 is 0 Å². The molecule has 0 heterocycles. The average Bonchev–Trinajstić information content (AvgIpc) is 2.35. The molecule has 0 aromatic heterocycles. The smallest absolute Gasteiger partial charge is 0.387 e. The van der Waals surface area contributed by atoms with E-state index in [0.29, 0.717) is 0 Å². The zero-order valence-electron chi connectivity index (χ0n) is 10.1. The molecule has 7 heteroatoms. The van der Waals surface area contributed by atoms with Crippen LogP contribution in [-0.4, -0.2) is 29.6 Å². The highest BCUT2D eigenvalue weighted by molar-refractivity contribution is 5.98. The summed E-state index contributed by atoms with van der Waals surface area (Å²) in [5.74, 6) is -2.26. The maximum atomic E-state index is 12.2. The standard InChI is InChI=1S/C12H13F2NO4/c1-2-8(11(17)18)15-10(16)7-5-3-4-6-9(7)19-12(13)14/h3-6,8,12H,2H2,1H3,(H,15,16)(H,17,18)/t8-/m1/s1. The molecule has 1 atom stereocenters. The number of hydrogen-bond donors (Lipinski definition) is 2. The number of ether oxygens (including phenoxy) is 1. The number of nitrogens with one attached hydrogen (secondary N) is 1. The van der Waals surface area contributed by atoms with E-state index in [-0.39, 0.29) is 17.7 Å². The number of aliphatic carboxylic acids is 1. The van der Waals surface area contributed by atoms with E-state index in [9.17, 15) is 18.4 Å². The summed E-state index contributed by atoms with van der Waals surface area (Å²) in [6.45, 7) is -1.48. The Morgan fingerprint density at radius 1 is 1.37 bits per heavy atom. The minimum absolute atomic E-state index is 0.137. The van der Waals surface area contributed by atoms with E-state index < -0.39 is 24.5 Å². The quantitative estimate of drug-likeness (QED) is 0.829. The first-order valence-corrected chi connectivity index (χ1v) is 5.53. The van der Waals surface area contributed by atoms with Gasteiger partial charge < -0.3 is 15.2 Å². The van der Waals surface area contributed by atoms with Crippen molar-refractivity contribution in [2.45, 2.75) is 26.0 Å². The summed E-state index contributed by atoms with van der Waals surface area (Å²) in [7, 11) is 0. The summed E-state index contributed by atoms with van der Waals surface area (Å²) < 4.78 is 28.5. The molecular formula is C12H13F2NO4. The van der Waals surface area contributed by atoms with E-state index in [4.69, 9.17) is 5.11 Å². The Labute approximate surface area is 108 Å². The molecule has 1 aromatic rings. The molecule has 0 radical (unpaired) electrons. The third kappa shape index (κ3) is 4.20. The van der Waals surface area contributed by atoms with Crippen LogP contribution in [0.25, 0.3) is 0 Å². The minimum atomic E-state index is -3.06. The molecule has 0 aliphatic heterocycles. The minimum Gasteiger partial charge on any atom is -0.480 e. The lowest BCUT2D eigenvalue weighted by atomic mass is 10.1. The maximum absolute atomic E-state index is 12.2. The van der Waals surface area contributed by atoms with Gasteiger partial charge in [-0.3, -0.25) is 4.79 Å². The molecule has 0 aliphatic carbocycles. The first-order valence-electron chi connectivity index (χ1n) is 5.53. The Kier molecular flexibility index (Phi) is 5.23. The Morgan fingerprint density at radius 3 is 2.53 bits per heavy atom. The lowest BCUT2D eigenvalue weighted by Crippen LogP contribution is -2.40. The third-order valence-corrected chi connectivity index (χ3v) is 2.36. The number of para-hydroxylation sites is 1. The van der Waals surface area contributed by atoms with E-state index in [1.54, 1.807) is 6.92 Å². The summed E-state index contributed by atoms with van der Waals surface area (Å²) >= 11 is 0. The molecule has 1 amide bonds. The predicted octanol–water partition coefficient (Wildman–Crippen LogP) is 1.88. The van der Waals surface area contributed by atoms with Crippen molar-refractivity contribution in [1.82, 2.24) is 5.32 Å². The molecule has 0 saturated heterocycles. The second-order valence-corrected chi connectivity index (χ2v) is 3.65. The number of amides is 1. The molecule has 0 aliphatic rings. The highest BCUT2D eigenvalue weighted by atomic mass is 19.3. The maximum Gasteiger partial charge on any atom is 0.387 e. The van der Waals surface area contributed by atoms with Crippen LogP contribution in [0, 0.1) is 0 Å². The molecular weight excluding hydrogens is 260 g/mol. The number of carbonyl (C=O) groups is 2. The monoisotopic (exact) mass is 273 g/mol. The van der Waals surface area contributed by atoms with Gasteiger partial charge in [0.05, 0.1) is 5.56 Å². The second-order valence-electron chi connectivity index (χ2n) is 3.65. The topological polar surface area (TPSA) is 75.6 Å². The van der Waals surface area contributed by atoms with Crippen LogP contribution in [0.3, 0.4) is 0 Å². The highest BCUT2D eigenvalue weighted by Gasteiger charge is 2.21. The van der Waals surface area contributed by atoms with Gasteiger partial charge in [-0.25, -0.2) is 4.79 Å². The zero-order valence-corrected chi connectivity index (χ0v) is 10.1. The summed E-state index contributed by atoms with van der Waals surface area (Å²) in [4.78, 5) is 22.6. The van der Waals surface area contributed by atoms with Gasteiger partial charge in [-0.2, -0.15) is 8.78 Å². The van der Waals surface area contributed by atoms with Gasteiger partial charge in [0, 0.05) is 0 Å².